The molecule has 0 amide bonds. The fourth-order valence-corrected chi connectivity index (χ4v) is 4.83. The smallest absolute Gasteiger partial charge is 0.247 e. The fraction of sp³-hybridized carbons (Fsp3) is 0.500. The summed E-state index contributed by atoms with van der Waals surface area (Å²) in [6, 6.07) is 1.67. The molecule has 23 heavy (non-hydrogen) atoms. The molecule has 1 aliphatic rings. The molecule has 2 N–H and O–H groups in total. The molecular formula is C14H20N6O2S. The van der Waals surface area contributed by atoms with E-state index in [9.17, 15) is 8.42 Å². The molecule has 3 heterocycles. The number of aromatic nitrogens is 4. The molecule has 0 spiro atoms. The summed E-state index contributed by atoms with van der Waals surface area (Å²) in [4.78, 5) is 8.90. The van der Waals surface area contributed by atoms with Gasteiger partial charge in [0.25, 0.3) is 0 Å². The highest BCUT2D eigenvalue weighted by molar-refractivity contribution is 7.89. The Morgan fingerprint density at radius 2 is 2.09 bits per heavy atom. The van der Waals surface area contributed by atoms with Crippen molar-refractivity contribution < 1.29 is 8.42 Å². The third kappa shape index (κ3) is 2.59. The van der Waals surface area contributed by atoms with Crippen LogP contribution in [0.3, 0.4) is 0 Å². The molecule has 0 aliphatic carbocycles. The van der Waals surface area contributed by atoms with Crippen LogP contribution in [0, 0.1) is 6.92 Å². The molecule has 0 radical (unpaired) electrons. The number of sulfonamides is 1. The maximum Gasteiger partial charge on any atom is 0.247 e. The molecule has 1 atom stereocenters. The van der Waals surface area contributed by atoms with Crippen LogP contribution >= 0.6 is 0 Å². The van der Waals surface area contributed by atoms with Crippen LogP contribution in [0.15, 0.2) is 23.4 Å². The van der Waals surface area contributed by atoms with Crippen molar-refractivity contribution in [1.82, 2.24) is 24.1 Å². The number of aryl methyl sites for hydroxylation is 2. The zero-order valence-electron chi connectivity index (χ0n) is 13.4. The van der Waals surface area contributed by atoms with Gasteiger partial charge in [-0.2, -0.15) is 9.40 Å². The molecule has 8 nitrogen and oxygen atoms in total. The third-order valence-electron chi connectivity index (χ3n) is 4.20. The molecule has 1 unspecified atom stereocenters. The summed E-state index contributed by atoms with van der Waals surface area (Å²) in [6.45, 7) is 4.09. The Kier molecular flexibility index (Phi) is 3.64. The van der Waals surface area contributed by atoms with Crippen molar-refractivity contribution in [3.63, 3.8) is 0 Å². The zero-order valence-corrected chi connectivity index (χ0v) is 14.2. The van der Waals surface area contributed by atoms with E-state index >= 15 is 0 Å². The number of hydrogen-bond donors (Lipinski definition) is 1. The Hall–Kier alpha value is -2.00. The molecule has 1 aliphatic heterocycles. The SMILES string of the molecule is Cc1cc(N)nc(C2(C)CCCN2S(=O)(=O)c2cnn(C)c2)n1. The van der Waals surface area contributed by atoms with Crippen molar-refractivity contribution in [3.05, 3.63) is 30.0 Å². The van der Waals surface area contributed by atoms with Crippen LogP contribution in [0.4, 0.5) is 5.82 Å². The highest BCUT2D eigenvalue weighted by Crippen LogP contribution is 2.40. The van der Waals surface area contributed by atoms with E-state index in [1.165, 1.54) is 21.4 Å². The summed E-state index contributed by atoms with van der Waals surface area (Å²) in [5, 5.41) is 3.96. The number of hydrogen-bond acceptors (Lipinski definition) is 6. The van der Waals surface area contributed by atoms with Crippen molar-refractivity contribution in [3.8, 4) is 0 Å². The van der Waals surface area contributed by atoms with E-state index in [-0.39, 0.29) is 4.90 Å². The van der Waals surface area contributed by atoms with Gasteiger partial charge in [0.05, 0.1) is 11.7 Å². The Morgan fingerprint density at radius 1 is 1.35 bits per heavy atom. The molecule has 1 saturated heterocycles. The van der Waals surface area contributed by atoms with Crippen LogP contribution in [0.5, 0.6) is 0 Å². The van der Waals surface area contributed by atoms with Gasteiger partial charge in [-0.1, -0.05) is 0 Å². The first-order chi connectivity index (χ1) is 10.7. The molecule has 3 rings (SSSR count). The van der Waals surface area contributed by atoms with Crippen LogP contribution < -0.4 is 5.73 Å². The van der Waals surface area contributed by atoms with E-state index in [0.717, 1.165) is 12.1 Å². The molecule has 124 valence electrons. The zero-order chi connectivity index (χ0) is 16.8. The lowest BCUT2D eigenvalue weighted by molar-refractivity contribution is 0.255. The van der Waals surface area contributed by atoms with E-state index < -0.39 is 15.6 Å². The van der Waals surface area contributed by atoms with Crippen molar-refractivity contribution in [1.29, 1.82) is 0 Å². The second-order valence-corrected chi connectivity index (χ2v) is 7.92. The van der Waals surface area contributed by atoms with Gasteiger partial charge in [0, 0.05) is 31.5 Å². The first-order valence-corrected chi connectivity index (χ1v) is 8.80. The van der Waals surface area contributed by atoms with Gasteiger partial charge in [0.15, 0.2) is 5.82 Å². The van der Waals surface area contributed by atoms with Crippen molar-refractivity contribution >= 4 is 15.8 Å². The largest absolute Gasteiger partial charge is 0.384 e. The van der Waals surface area contributed by atoms with Crippen LogP contribution in [-0.2, 0) is 22.6 Å². The Morgan fingerprint density at radius 3 is 2.70 bits per heavy atom. The standard InChI is InChI=1S/C14H20N6O2S/c1-10-7-12(15)18-13(17-10)14(2)5-4-6-20(14)23(21,22)11-8-16-19(3)9-11/h7-9H,4-6H2,1-3H3,(H2,15,17,18). The molecule has 1 fully saturated rings. The number of anilines is 1. The normalized spacial score (nSPS) is 22.6. The fourth-order valence-electron chi connectivity index (χ4n) is 3.04. The molecule has 0 saturated carbocycles. The van der Waals surface area contributed by atoms with Crippen molar-refractivity contribution in [2.24, 2.45) is 7.05 Å². The Balaban J connectivity index is 2.09. The molecular weight excluding hydrogens is 316 g/mol. The second-order valence-electron chi connectivity index (χ2n) is 6.06. The highest BCUT2D eigenvalue weighted by Gasteiger charge is 2.48. The van der Waals surface area contributed by atoms with Gasteiger partial charge in [-0.15, -0.1) is 0 Å². The minimum atomic E-state index is -3.67. The van der Waals surface area contributed by atoms with Gasteiger partial charge < -0.3 is 5.73 Å². The molecule has 0 aromatic carbocycles. The first-order valence-electron chi connectivity index (χ1n) is 7.36. The lowest BCUT2D eigenvalue weighted by atomic mass is 9.99. The quantitative estimate of drug-likeness (QED) is 0.888. The van der Waals surface area contributed by atoms with E-state index in [2.05, 4.69) is 15.1 Å². The predicted octanol–water partition coefficient (Wildman–Crippen LogP) is 0.801. The van der Waals surface area contributed by atoms with Crippen molar-refractivity contribution in [2.45, 2.75) is 37.1 Å². The van der Waals surface area contributed by atoms with Gasteiger partial charge >= 0.3 is 0 Å². The Labute approximate surface area is 135 Å². The number of nitrogens with two attached hydrogens (primary N) is 1. The summed E-state index contributed by atoms with van der Waals surface area (Å²) in [5.41, 5.74) is 5.73. The monoisotopic (exact) mass is 336 g/mol. The topological polar surface area (TPSA) is 107 Å². The summed E-state index contributed by atoms with van der Waals surface area (Å²) >= 11 is 0. The maximum absolute atomic E-state index is 13.0. The summed E-state index contributed by atoms with van der Waals surface area (Å²) in [6.07, 6.45) is 4.25. The van der Waals surface area contributed by atoms with E-state index in [1.54, 1.807) is 13.1 Å². The van der Waals surface area contributed by atoms with Crippen molar-refractivity contribution in [2.75, 3.05) is 12.3 Å². The maximum atomic E-state index is 13.0. The Bertz CT molecular complexity index is 826. The van der Waals surface area contributed by atoms with Gasteiger partial charge in [-0.05, 0) is 26.7 Å². The van der Waals surface area contributed by atoms with Gasteiger partial charge in [-0.25, -0.2) is 18.4 Å². The average Bonchev–Trinajstić information content (AvgIpc) is 3.05. The first kappa shape index (κ1) is 15.9. The van der Waals surface area contributed by atoms with E-state index in [1.807, 2.05) is 13.8 Å². The van der Waals surface area contributed by atoms with Gasteiger partial charge in [0.2, 0.25) is 10.0 Å². The second kappa shape index (κ2) is 5.27. The number of nitrogen functional groups attached to an aromatic ring is 1. The van der Waals surface area contributed by atoms with Crippen LogP contribution in [0.1, 0.15) is 31.3 Å². The number of rotatable bonds is 3. The summed E-state index contributed by atoms with van der Waals surface area (Å²) in [7, 11) is -1.98. The minimum absolute atomic E-state index is 0.175. The summed E-state index contributed by atoms with van der Waals surface area (Å²) < 4.78 is 28.9. The van der Waals surface area contributed by atoms with E-state index in [4.69, 9.17) is 5.73 Å². The molecule has 2 aromatic rings. The summed E-state index contributed by atoms with van der Waals surface area (Å²) in [5.74, 6) is 0.791. The van der Waals surface area contributed by atoms with E-state index in [0.29, 0.717) is 24.6 Å². The lowest BCUT2D eigenvalue weighted by Gasteiger charge is -2.32. The van der Waals surface area contributed by atoms with Gasteiger partial charge in [0.1, 0.15) is 10.7 Å². The minimum Gasteiger partial charge on any atom is -0.384 e. The lowest BCUT2D eigenvalue weighted by Crippen LogP contribution is -2.44. The van der Waals surface area contributed by atoms with Gasteiger partial charge in [-0.3, -0.25) is 4.68 Å². The van der Waals surface area contributed by atoms with Crippen LogP contribution in [0.2, 0.25) is 0 Å². The van der Waals surface area contributed by atoms with Crippen LogP contribution in [0.25, 0.3) is 0 Å². The predicted molar refractivity (Wildman–Crippen MR) is 84.9 cm³/mol. The highest BCUT2D eigenvalue weighted by atomic mass is 32.2. The average molecular weight is 336 g/mol. The molecule has 9 heteroatoms. The van der Waals surface area contributed by atoms with Crippen LogP contribution in [-0.4, -0.2) is 39.0 Å². The third-order valence-corrected chi connectivity index (χ3v) is 6.17. The molecule has 2 aromatic heterocycles. The number of nitrogens with zero attached hydrogens (tertiary/aromatic N) is 5. The molecule has 0 bridgehead atoms.